The monoisotopic (exact) mass is 273 g/mol. The molecule has 2 rings (SSSR count). The molecular formula is C16H19NO3. The highest BCUT2D eigenvalue weighted by Gasteiger charge is 2.18. The lowest BCUT2D eigenvalue weighted by Crippen LogP contribution is -2.35. The molecule has 0 aliphatic carbocycles. The van der Waals surface area contributed by atoms with Crippen molar-refractivity contribution < 1.29 is 14.6 Å². The van der Waals surface area contributed by atoms with Crippen molar-refractivity contribution in [1.82, 2.24) is 4.90 Å². The molecule has 0 bridgehead atoms. The summed E-state index contributed by atoms with van der Waals surface area (Å²) in [6, 6.07) is 11.6. The third kappa shape index (κ3) is 2.91. The second-order valence-electron chi connectivity index (χ2n) is 4.94. The molecule has 0 spiro atoms. The molecular weight excluding hydrogens is 254 g/mol. The molecule has 0 amide bonds. The number of carboxylic acids is 1. The molecule has 2 aromatic carbocycles. The number of methoxy groups -OCH3 is 1. The zero-order valence-electron chi connectivity index (χ0n) is 12.0. The van der Waals surface area contributed by atoms with E-state index in [1.54, 1.807) is 26.0 Å². The van der Waals surface area contributed by atoms with Gasteiger partial charge in [-0.3, -0.25) is 9.69 Å². The van der Waals surface area contributed by atoms with E-state index in [1.165, 1.54) is 0 Å². The van der Waals surface area contributed by atoms with Crippen molar-refractivity contribution in [3.05, 3.63) is 42.0 Å². The van der Waals surface area contributed by atoms with Crippen molar-refractivity contribution in [2.24, 2.45) is 0 Å². The highest BCUT2D eigenvalue weighted by molar-refractivity contribution is 5.85. The Morgan fingerprint density at radius 1 is 1.30 bits per heavy atom. The molecule has 0 radical (unpaired) electrons. The molecule has 1 atom stereocenters. The molecule has 106 valence electrons. The summed E-state index contributed by atoms with van der Waals surface area (Å²) in [5.41, 5.74) is 0.988. The Kier molecular flexibility index (Phi) is 4.25. The fourth-order valence-corrected chi connectivity index (χ4v) is 2.17. The van der Waals surface area contributed by atoms with Crippen LogP contribution in [0.2, 0.25) is 0 Å². The average molecular weight is 273 g/mol. The van der Waals surface area contributed by atoms with Crippen LogP contribution in [0.15, 0.2) is 36.4 Å². The molecule has 2 aromatic rings. The Hall–Kier alpha value is -2.07. The molecule has 0 aromatic heterocycles. The summed E-state index contributed by atoms with van der Waals surface area (Å²) in [5.74, 6) is -0.0413. The van der Waals surface area contributed by atoms with Crippen LogP contribution in [0, 0.1) is 0 Å². The van der Waals surface area contributed by atoms with E-state index in [0.29, 0.717) is 6.54 Å². The average Bonchev–Trinajstić information content (AvgIpc) is 2.45. The normalized spacial score (nSPS) is 12.6. The molecule has 0 saturated carbocycles. The summed E-state index contributed by atoms with van der Waals surface area (Å²) in [6.07, 6.45) is 0. The molecule has 0 aliphatic heterocycles. The fraction of sp³-hybridized carbons (Fsp3) is 0.312. The predicted molar refractivity (Wildman–Crippen MR) is 79.1 cm³/mol. The minimum absolute atomic E-state index is 0.529. The van der Waals surface area contributed by atoms with E-state index in [4.69, 9.17) is 9.84 Å². The van der Waals surface area contributed by atoms with Crippen LogP contribution in [0.3, 0.4) is 0 Å². The second kappa shape index (κ2) is 5.92. The Balaban J connectivity index is 2.35. The first-order chi connectivity index (χ1) is 9.52. The third-order valence-corrected chi connectivity index (χ3v) is 3.59. The Morgan fingerprint density at radius 3 is 2.45 bits per heavy atom. The van der Waals surface area contributed by atoms with Crippen molar-refractivity contribution in [3.8, 4) is 5.75 Å². The molecule has 0 heterocycles. The molecule has 4 heteroatoms. The standard InChI is InChI=1S/C16H19NO3/c1-11(16(18)19)17(2)10-14-8-12-6-4-5-7-13(12)9-15(14)20-3/h4-9,11H,10H2,1-3H3,(H,18,19). The van der Waals surface area contributed by atoms with Gasteiger partial charge in [0.25, 0.3) is 0 Å². The van der Waals surface area contributed by atoms with E-state index < -0.39 is 12.0 Å². The maximum absolute atomic E-state index is 11.0. The van der Waals surface area contributed by atoms with E-state index in [1.807, 2.05) is 30.3 Å². The quantitative estimate of drug-likeness (QED) is 0.910. The molecule has 0 saturated heterocycles. The van der Waals surface area contributed by atoms with Crippen LogP contribution in [0.25, 0.3) is 10.8 Å². The van der Waals surface area contributed by atoms with Gasteiger partial charge in [0, 0.05) is 12.1 Å². The van der Waals surface area contributed by atoms with E-state index in [2.05, 4.69) is 6.07 Å². The minimum Gasteiger partial charge on any atom is -0.496 e. The van der Waals surface area contributed by atoms with Crippen LogP contribution < -0.4 is 4.74 Å². The van der Waals surface area contributed by atoms with Gasteiger partial charge in [0.15, 0.2) is 0 Å². The lowest BCUT2D eigenvalue weighted by molar-refractivity contribution is -0.142. The van der Waals surface area contributed by atoms with Gasteiger partial charge in [-0.1, -0.05) is 24.3 Å². The summed E-state index contributed by atoms with van der Waals surface area (Å²) in [4.78, 5) is 12.8. The van der Waals surface area contributed by atoms with Gasteiger partial charge in [-0.05, 0) is 36.9 Å². The Bertz CT molecular complexity index is 624. The van der Waals surface area contributed by atoms with Crippen LogP contribution in [0.1, 0.15) is 12.5 Å². The van der Waals surface area contributed by atoms with Crippen molar-refractivity contribution in [1.29, 1.82) is 0 Å². The molecule has 1 N–H and O–H groups in total. The number of fused-ring (bicyclic) bond motifs is 1. The van der Waals surface area contributed by atoms with Crippen LogP contribution in [0.4, 0.5) is 0 Å². The first-order valence-electron chi connectivity index (χ1n) is 6.51. The molecule has 1 unspecified atom stereocenters. The maximum atomic E-state index is 11.0. The largest absolute Gasteiger partial charge is 0.496 e. The van der Waals surface area contributed by atoms with E-state index in [-0.39, 0.29) is 0 Å². The molecule has 20 heavy (non-hydrogen) atoms. The van der Waals surface area contributed by atoms with E-state index in [9.17, 15) is 4.79 Å². The summed E-state index contributed by atoms with van der Waals surface area (Å²) in [5, 5.41) is 11.3. The van der Waals surface area contributed by atoms with Crippen molar-refractivity contribution in [2.75, 3.05) is 14.2 Å². The number of aliphatic carboxylic acids is 1. The van der Waals surface area contributed by atoms with Gasteiger partial charge in [-0.15, -0.1) is 0 Å². The number of hydrogen-bond acceptors (Lipinski definition) is 3. The van der Waals surface area contributed by atoms with Gasteiger partial charge >= 0.3 is 5.97 Å². The molecule has 0 fully saturated rings. The van der Waals surface area contributed by atoms with Crippen LogP contribution >= 0.6 is 0 Å². The first kappa shape index (κ1) is 14.3. The van der Waals surface area contributed by atoms with Gasteiger partial charge in [0.05, 0.1) is 7.11 Å². The third-order valence-electron chi connectivity index (χ3n) is 3.59. The van der Waals surface area contributed by atoms with Crippen LogP contribution in [-0.2, 0) is 11.3 Å². The SMILES string of the molecule is COc1cc2ccccc2cc1CN(C)C(C)C(=O)O. The minimum atomic E-state index is -0.827. The Morgan fingerprint density at radius 2 is 1.90 bits per heavy atom. The highest BCUT2D eigenvalue weighted by atomic mass is 16.5. The number of hydrogen-bond donors (Lipinski definition) is 1. The number of carbonyl (C=O) groups is 1. The van der Waals surface area contributed by atoms with Crippen molar-refractivity contribution in [3.63, 3.8) is 0 Å². The zero-order valence-corrected chi connectivity index (χ0v) is 12.0. The second-order valence-corrected chi connectivity index (χ2v) is 4.94. The van der Waals surface area contributed by atoms with Gasteiger partial charge in [-0.25, -0.2) is 0 Å². The summed E-state index contributed by atoms with van der Waals surface area (Å²) >= 11 is 0. The number of ether oxygens (including phenoxy) is 1. The number of likely N-dealkylation sites (N-methyl/N-ethyl adjacent to an activating group) is 1. The summed E-state index contributed by atoms with van der Waals surface area (Å²) in [7, 11) is 3.43. The van der Waals surface area contributed by atoms with Crippen molar-refractivity contribution in [2.45, 2.75) is 19.5 Å². The lowest BCUT2D eigenvalue weighted by atomic mass is 10.1. The van der Waals surface area contributed by atoms with Crippen LogP contribution in [0.5, 0.6) is 5.75 Å². The maximum Gasteiger partial charge on any atom is 0.320 e. The number of nitrogens with zero attached hydrogens (tertiary/aromatic N) is 1. The van der Waals surface area contributed by atoms with Gasteiger partial charge in [0.2, 0.25) is 0 Å². The number of carboxylic acid groups (broad SMARTS) is 1. The van der Waals surface area contributed by atoms with Crippen LogP contribution in [-0.4, -0.2) is 36.2 Å². The van der Waals surface area contributed by atoms with Gasteiger partial charge in [0.1, 0.15) is 11.8 Å². The van der Waals surface area contributed by atoms with E-state index >= 15 is 0 Å². The highest BCUT2D eigenvalue weighted by Crippen LogP contribution is 2.27. The van der Waals surface area contributed by atoms with Crippen molar-refractivity contribution >= 4 is 16.7 Å². The Labute approximate surface area is 118 Å². The zero-order chi connectivity index (χ0) is 14.7. The lowest BCUT2D eigenvalue weighted by Gasteiger charge is -2.22. The first-order valence-corrected chi connectivity index (χ1v) is 6.51. The predicted octanol–water partition coefficient (Wildman–Crippen LogP) is 2.75. The van der Waals surface area contributed by atoms with E-state index in [0.717, 1.165) is 22.1 Å². The number of benzene rings is 2. The fourth-order valence-electron chi connectivity index (χ4n) is 2.17. The summed E-state index contributed by atoms with van der Waals surface area (Å²) in [6.45, 7) is 2.21. The topological polar surface area (TPSA) is 49.8 Å². The molecule has 4 nitrogen and oxygen atoms in total. The van der Waals surface area contributed by atoms with Gasteiger partial charge in [-0.2, -0.15) is 0 Å². The molecule has 0 aliphatic rings. The number of rotatable bonds is 5. The van der Waals surface area contributed by atoms with Gasteiger partial charge < -0.3 is 9.84 Å². The summed E-state index contributed by atoms with van der Waals surface area (Å²) < 4.78 is 5.42. The smallest absolute Gasteiger partial charge is 0.320 e.